The van der Waals surface area contributed by atoms with Gasteiger partial charge in [-0.05, 0) is 43.7 Å². The SMILES string of the molecule is Cc1ccc(S(=O)(=O)N2CC(N3CC4CCCC4C3)C2)cc1. The van der Waals surface area contributed by atoms with Gasteiger partial charge < -0.3 is 0 Å². The molecule has 2 atom stereocenters. The molecule has 0 N–H and O–H groups in total. The Bertz CT molecular complexity index is 638. The Kier molecular flexibility index (Phi) is 3.55. The van der Waals surface area contributed by atoms with Gasteiger partial charge in [-0.2, -0.15) is 4.31 Å². The molecule has 0 radical (unpaired) electrons. The average molecular weight is 320 g/mol. The summed E-state index contributed by atoms with van der Waals surface area (Å²) in [5.41, 5.74) is 1.09. The predicted molar refractivity (Wildman–Crippen MR) is 86.1 cm³/mol. The van der Waals surface area contributed by atoms with Crippen molar-refractivity contribution in [3.8, 4) is 0 Å². The molecule has 3 fully saturated rings. The number of rotatable bonds is 3. The van der Waals surface area contributed by atoms with E-state index in [2.05, 4.69) is 4.90 Å². The molecule has 3 aliphatic rings. The van der Waals surface area contributed by atoms with Gasteiger partial charge in [0.15, 0.2) is 0 Å². The van der Waals surface area contributed by atoms with Crippen molar-refractivity contribution in [1.82, 2.24) is 9.21 Å². The summed E-state index contributed by atoms with van der Waals surface area (Å²) in [7, 11) is -3.29. The fraction of sp³-hybridized carbons (Fsp3) is 0.647. The van der Waals surface area contributed by atoms with E-state index in [1.54, 1.807) is 16.4 Å². The quantitative estimate of drug-likeness (QED) is 0.856. The minimum Gasteiger partial charge on any atom is -0.297 e. The van der Waals surface area contributed by atoms with Crippen LogP contribution in [0.2, 0.25) is 0 Å². The second-order valence-electron chi connectivity index (χ2n) is 7.19. The molecule has 2 heterocycles. The monoisotopic (exact) mass is 320 g/mol. The molecule has 0 aromatic heterocycles. The Morgan fingerprint density at radius 3 is 2.14 bits per heavy atom. The Hall–Kier alpha value is -0.910. The van der Waals surface area contributed by atoms with Gasteiger partial charge in [0.1, 0.15) is 0 Å². The highest BCUT2D eigenvalue weighted by Gasteiger charge is 2.45. The van der Waals surface area contributed by atoms with Crippen molar-refractivity contribution in [1.29, 1.82) is 0 Å². The molecule has 2 unspecified atom stereocenters. The zero-order valence-electron chi connectivity index (χ0n) is 13.1. The Balaban J connectivity index is 1.39. The maximum Gasteiger partial charge on any atom is 0.243 e. The minimum atomic E-state index is -3.29. The molecule has 0 amide bonds. The molecule has 4 rings (SSSR count). The van der Waals surface area contributed by atoms with Gasteiger partial charge in [-0.3, -0.25) is 4.90 Å². The molecule has 1 aromatic rings. The van der Waals surface area contributed by atoms with Crippen molar-refractivity contribution >= 4 is 10.0 Å². The molecule has 5 heteroatoms. The van der Waals surface area contributed by atoms with E-state index in [0.29, 0.717) is 24.0 Å². The zero-order chi connectivity index (χ0) is 15.3. The molecule has 120 valence electrons. The first-order valence-corrected chi connectivity index (χ1v) is 9.79. The Morgan fingerprint density at radius 2 is 1.55 bits per heavy atom. The molecule has 22 heavy (non-hydrogen) atoms. The highest BCUT2D eigenvalue weighted by molar-refractivity contribution is 7.89. The summed E-state index contributed by atoms with van der Waals surface area (Å²) >= 11 is 0. The summed E-state index contributed by atoms with van der Waals surface area (Å²) in [6.07, 6.45) is 4.14. The van der Waals surface area contributed by atoms with Crippen molar-refractivity contribution in [3.05, 3.63) is 29.8 Å². The first-order valence-electron chi connectivity index (χ1n) is 8.35. The maximum atomic E-state index is 12.6. The van der Waals surface area contributed by atoms with Crippen molar-refractivity contribution in [3.63, 3.8) is 0 Å². The normalized spacial score (nSPS) is 30.4. The van der Waals surface area contributed by atoms with Crippen LogP contribution in [0.1, 0.15) is 24.8 Å². The van der Waals surface area contributed by atoms with Crippen LogP contribution >= 0.6 is 0 Å². The highest BCUT2D eigenvalue weighted by atomic mass is 32.2. The summed E-state index contributed by atoms with van der Waals surface area (Å²) < 4.78 is 26.8. The first-order chi connectivity index (χ1) is 10.5. The molecule has 1 saturated carbocycles. The molecular weight excluding hydrogens is 296 g/mol. The van der Waals surface area contributed by atoms with Crippen LogP contribution < -0.4 is 0 Å². The Labute approximate surface area is 133 Å². The second-order valence-corrected chi connectivity index (χ2v) is 9.13. The molecule has 4 nitrogen and oxygen atoms in total. The van der Waals surface area contributed by atoms with Gasteiger partial charge in [-0.15, -0.1) is 0 Å². The topological polar surface area (TPSA) is 40.6 Å². The molecular formula is C17H24N2O2S. The number of benzene rings is 1. The standard InChI is InChI=1S/C17H24N2O2S/c1-13-5-7-17(8-6-13)22(20,21)19-11-16(12-19)18-9-14-3-2-4-15(14)10-18/h5-8,14-16H,2-4,9-12H2,1H3. The molecule has 2 saturated heterocycles. The molecule has 2 aliphatic heterocycles. The van der Waals surface area contributed by atoms with Gasteiger partial charge in [-0.25, -0.2) is 8.42 Å². The fourth-order valence-corrected chi connectivity index (χ4v) is 5.79. The lowest BCUT2D eigenvalue weighted by Crippen LogP contribution is -2.60. The van der Waals surface area contributed by atoms with E-state index >= 15 is 0 Å². The van der Waals surface area contributed by atoms with E-state index in [-0.39, 0.29) is 0 Å². The second kappa shape index (κ2) is 5.32. The van der Waals surface area contributed by atoms with Crippen LogP contribution in [0.3, 0.4) is 0 Å². The third-order valence-corrected chi connectivity index (χ3v) is 7.60. The number of likely N-dealkylation sites (tertiary alicyclic amines) is 1. The van der Waals surface area contributed by atoms with E-state index in [9.17, 15) is 8.42 Å². The van der Waals surface area contributed by atoms with E-state index < -0.39 is 10.0 Å². The van der Waals surface area contributed by atoms with Crippen LogP contribution in [-0.2, 0) is 10.0 Å². The fourth-order valence-electron chi connectivity index (χ4n) is 4.27. The zero-order valence-corrected chi connectivity index (χ0v) is 13.9. The third kappa shape index (κ3) is 2.39. The van der Waals surface area contributed by atoms with Crippen LogP contribution in [0.4, 0.5) is 0 Å². The van der Waals surface area contributed by atoms with Gasteiger partial charge in [0.25, 0.3) is 0 Å². The highest BCUT2D eigenvalue weighted by Crippen LogP contribution is 2.39. The largest absolute Gasteiger partial charge is 0.297 e. The lowest BCUT2D eigenvalue weighted by atomic mass is 10.0. The van der Waals surface area contributed by atoms with Crippen LogP contribution in [0.5, 0.6) is 0 Å². The smallest absolute Gasteiger partial charge is 0.243 e. The summed E-state index contributed by atoms with van der Waals surface area (Å²) in [5.74, 6) is 1.76. The lowest BCUT2D eigenvalue weighted by molar-refractivity contribution is 0.102. The molecule has 0 spiro atoms. The van der Waals surface area contributed by atoms with Crippen molar-refractivity contribution in [2.75, 3.05) is 26.2 Å². The summed E-state index contributed by atoms with van der Waals surface area (Å²) in [4.78, 5) is 2.96. The maximum absolute atomic E-state index is 12.6. The summed E-state index contributed by atoms with van der Waals surface area (Å²) in [6.45, 7) is 5.67. The van der Waals surface area contributed by atoms with Crippen LogP contribution in [-0.4, -0.2) is 49.8 Å². The number of aryl methyl sites for hydroxylation is 1. The van der Waals surface area contributed by atoms with E-state index in [1.807, 2.05) is 19.1 Å². The molecule has 1 aliphatic carbocycles. The number of fused-ring (bicyclic) bond motifs is 1. The average Bonchev–Trinajstić information content (AvgIpc) is 2.98. The summed E-state index contributed by atoms with van der Waals surface area (Å²) in [6, 6.07) is 7.61. The van der Waals surface area contributed by atoms with E-state index in [4.69, 9.17) is 0 Å². The van der Waals surface area contributed by atoms with Crippen molar-refractivity contribution < 1.29 is 8.42 Å². The molecule has 1 aromatic carbocycles. The Morgan fingerprint density at radius 1 is 0.955 bits per heavy atom. The minimum absolute atomic E-state index is 0.426. The predicted octanol–water partition coefficient (Wildman–Crippen LogP) is 2.10. The van der Waals surface area contributed by atoms with E-state index in [0.717, 1.165) is 17.4 Å². The van der Waals surface area contributed by atoms with Gasteiger partial charge >= 0.3 is 0 Å². The lowest BCUT2D eigenvalue weighted by Gasteiger charge is -2.43. The van der Waals surface area contributed by atoms with Gasteiger partial charge in [-0.1, -0.05) is 24.1 Å². The molecule has 0 bridgehead atoms. The van der Waals surface area contributed by atoms with E-state index in [1.165, 1.54) is 32.4 Å². The van der Waals surface area contributed by atoms with Crippen LogP contribution in [0.25, 0.3) is 0 Å². The van der Waals surface area contributed by atoms with Crippen LogP contribution in [0.15, 0.2) is 29.2 Å². The third-order valence-electron chi connectivity index (χ3n) is 5.76. The first kappa shape index (κ1) is 14.7. The summed E-state index contributed by atoms with van der Waals surface area (Å²) in [5, 5.41) is 0. The van der Waals surface area contributed by atoms with Crippen LogP contribution in [0, 0.1) is 18.8 Å². The van der Waals surface area contributed by atoms with Crippen molar-refractivity contribution in [2.45, 2.75) is 37.1 Å². The number of nitrogens with zero attached hydrogens (tertiary/aromatic N) is 2. The van der Waals surface area contributed by atoms with Gasteiger partial charge in [0, 0.05) is 32.2 Å². The van der Waals surface area contributed by atoms with Crippen molar-refractivity contribution in [2.24, 2.45) is 11.8 Å². The number of sulfonamides is 1. The van der Waals surface area contributed by atoms with Gasteiger partial charge in [0.2, 0.25) is 10.0 Å². The number of hydrogen-bond donors (Lipinski definition) is 0. The number of hydrogen-bond acceptors (Lipinski definition) is 3. The van der Waals surface area contributed by atoms with Gasteiger partial charge in [0.05, 0.1) is 4.90 Å².